The quantitative estimate of drug-likeness (QED) is 0.723. The second-order valence-electron chi connectivity index (χ2n) is 5.91. The van der Waals surface area contributed by atoms with Crippen LogP contribution in [0.15, 0.2) is 53.1 Å². The zero-order valence-corrected chi connectivity index (χ0v) is 14.3. The minimum atomic E-state index is -0.854. The van der Waals surface area contributed by atoms with E-state index in [1.165, 1.54) is 6.26 Å². The lowest BCUT2D eigenvalue weighted by molar-refractivity contribution is -0.121. The number of nitrogens with zero attached hydrogens (tertiary/aromatic N) is 2. The highest BCUT2D eigenvalue weighted by Crippen LogP contribution is 2.18. The summed E-state index contributed by atoms with van der Waals surface area (Å²) in [4.78, 5) is 12.2. The molecule has 3 aromatic rings. The van der Waals surface area contributed by atoms with Crippen LogP contribution in [0.2, 0.25) is 0 Å². The van der Waals surface area contributed by atoms with Crippen LogP contribution in [0.1, 0.15) is 28.8 Å². The van der Waals surface area contributed by atoms with E-state index >= 15 is 0 Å². The molecule has 25 heavy (non-hydrogen) atoms. The van der Waals surface area contributed by atoms with Crippen molar-refractivity contribution in [3.05, 3.63) is 71.4 Å². The number of furan rings is 1. The normalized spacial score (nSPS) is 12.1. The van der Waals surface area contributed by atoms with E-state index in [-0.39, 0.29) is 18.9 Å². The summed E-state index contributed by atoms with van der Waals surface area (Å²) < 4.78 is 6.96. The van der Waals surface area contributed by atoms with Gasteiger partial charge in [0, 0.05) is 11.3 Å². The first kappa shape index (κ1) is 17.0. The fourth-order valence-corrected chi connectivity index (χ4v) is 2.77. The molecule has 0 fully saturated rings. The molecule has 0 aliphatic rings. The summed E-state index contributed by atoms with van der Waals surface area (Å²) in [5.74, 6) is 0.272. The first-order valence-electron chi connectivity index (χ1n) is 8.15. The lowest BCUT2D eigenvalue weighted by atomic mass is 10.1. The summed E-state index contributed by atoms with van der Waals surface area (Å²) in [7, 11) is 0. The molecule has 2 aromatic heterocycles. The van der Waals surface area contributed by atoms with Crippen LogP contribution >= 0.6 is 0 Å². The summed E-state index contributed by atoms with van der Waals surface area (Å²) in [5, 5.41) is 17.2. The fourth-order valence-electron chi connectivity index (χ4n) is 2.77. The molecule has 1 amide bonds. The van der Waals surface area contributed by atoms with Gasteiger partial charge in [-0.1, -0.05) is 18.2 Å². The number of amides is 1. The van der Waals surface area contributed by atoms with Gasteiger partial charge in [0.25, 0.3) is 0 Å². The SMILES string of the molecule is Cc1nn(-c2ccccc2)c(C)c1CC(=O)NCC(O)c1ccco1. The van der Waals surface area contributed by atoms with Crippen molar-refractivity contribution in [3.8, 4) is 5.69 Å². The summed E-state index contributed by atoms with van der Waals surface area (Å²) in [6.45, 7) is 3.96. The van der Waals surface area contributed by atoms with Crippen molar-refractivity contribution in [2.75, 3.05) is 6.54 Å². The lowest BCUT2D eigenvalue weighted by Gasteiger charge is -2.10. The largest absolute Gasteiger partial charge is 0.467 e. The van der Waals surface area contributed by atoms with Gasteiger partial charge in [0.2, 0.25) is 5.91 Å². The topological polar surface area (TPSA) is 80.3 Å². The highest BCUT2D eigenvalue weighted by Gasteiger charge is 2.17. The van der Waals surface area contributed by atoms with Gasteiger partial charge < -0.3 is 14.8 Å². The Hall–Kier alpha value is -2.86. The second kappa shape index (κ2) is 7.36. The van der Waals surface area contributed by atoms with Gasteiger partial charge in [-0.15, -0.1) is 0 Å². The number of hydrogen-bond acceptors (Lipinski definition) is 4. The third-order valence-electron chi connectivity index (χ3n) is 4.14. The van der Waals surface area contributed by atoms with E-state index in [1.54, 1.807) is 12.1 Å². The second-order valence-corrected chi connectivity index (χ2v) is 5.91. The summed E-state index contributed by atoms with van der Waals surface area (Å²) in [6.07, 6.45) is 0.855. The number of hydrogen-bond donors (Lipinski definition) is 2. The van der Waals surface area contributed by atoms with Crippen molar-refractivity contribution in [1.29, 1.82) is 0 Å². The van der Waals surface area contributed by atoms with E-state index < -0.39 is 6.10 Å². The molecular formula is C19H21N3O3. The van der Waals surface area contributed by atoms with Crippen LogP contribution < -0.4 is 5.32 Å². The number of aryl methyl sites for hydroxylation is 1. The van der Waals surface area contributed by atoms with E-state index in [0.29, 0.717) is 5.76 Å². The van der Waals surface area contributed by atoms with Crippen LogP contribution in [0.25, 0.3) is 5.69 Å². The van der Waals surface area contributed by atoms with Crippen molar-refractivity contribution < 1.29 is 14.3 Å². The van der Waals surface area contributed by atoms with Crippen LogP contribution in [0, 0.1) is 13.8 Å². The molecular weight excluding hydrogens is 318 g/mol. The maximum atomic E-state index is 12.2. The van der Waals surface area contributed by atoms with Gasteiger partial charge in [-0.05, 0) is 38.1 Å². The molecule has 2 heterocycles. The zero-order valence-electron chi connectivity index (χ0n) is 14.3. The number of aliphatic hydroxyl groups excluding tert-OH is 1. The van der Waals surface area contributed by atoms with E-state index in [2.05, 4.69) is 10.4 Å². The van der Waals surface area contributed by atoms with Gasteiger partial charge in [0.05, 0.1) is 30.6 Å². The molecule has 6 heteroatoms. The number of carbonyl (C=O) groups is 1. The van der Waals surface area contributed by atoms with E-state index in [9.17, 15) is 9.90 Å². The molecule has 0 radical (unpaired) electrons. The zero-order chi connectivity index (χ0) is 17.8. The van der Waals surface area contributed by atoms with Gasteiger partial charge >= 0.3 is 0 Å². The molecule has 6 nitrogen and oxygen atoms in total. The van der Waals surface area contributed by atoms with Crippen molar-refractivity contribution in [2.24, 2.45) is 0 Å². The average molecular weight is 339 g/mol. The Morgan fingerprint density at radius 1 is 1.24 bits per heavy atom. The van der Waals surface area contributed by atoms with Crippen LogP contribution in [0.3, 0.4) is 0 Å². The number of para-hydroxylation sites is 1. The van der Waals surface area contributed by atoms with Crippen molar-refractivity contribution in [3.63, 3.8) is 0 Å². The molecule has 0 spiro atoms. The van der Waals surface area contributed by atoms with E-state index in [4.69, 9.17) is 4.42 Å². The maximum Gasteiger partial charge on any atom is 0.224 e. The third-order valence-corrected chi connectivity index (χ3v) is 4.14. The number of aliphatic hydroxyl groups is 1. The third kappa shape index (κ3) is 3.80. The minimum Gasteiger partial charge on any atom is -0.467 e. The molecule has 0 saturated carbocycles. The Morgan fingerprint density at radius 3 is 2.68 bits per heavy atom. The smallest absolute Gasteiger partial charge is 0.224 e. The molecule has 1 atom stereocenters. The lowest BCUT2D eigenvalue weighted by Crippen LogP contribution is -2.29. The van der Waals surface area contributed by atoms with Gasteiger partial charge in [-0.25, -0.2) is 4.68 Å². The Kier molecular flexibility index (Phi) is 5.00. The first-order chi connectivity index (χ1) is 12.1. The van der Waals surface area contributed by atoms with Crippen molar-refractivity contribution in [1.82, 2.24) is 15.1 Å². The Balaban J connectivity index is 1.66. The van der Waals surface area contributed by atoms with E-state index in [0.717, 1.165) is 22.6 Å². The average Bonchev–Trinajstić information content (AvgIpc) is 3.25. The molecule has 130 valence electrons. The fraction of sp³-hybridized carbons (Fsp3) is 0.263. The molecule has 2 N–H and O–H groups in total. The number of nitrogens with one attached hydrogen (secondary N) is 1. The van der Waals surface area contributed by atoms with Gasteiger partial charge in [0.1, 0.15) is 11.9 Å². The Bertz CT molecular complexity index is 838. The van der Waals surface area contributed by atoms with Crippen LogP contribution in [0.4, 0.5) is 0 Å². The van der Waals surface area contributed by atoms with E-state index in [1.807, 2.05) is 48.9 Å². The number of rotatable bonds is 6. The molecule has 0 saturated heterocycles. The van der Waals surface area contributed by atoms with Crippen LogP contribution in [-0.4, -0.2) is 27.3 Å². The highest BCUT2D eigenvalue weighted by molar-refractivity contribution is 5.79. The standard InChI is InChI=1S/C19H21N3O3/c1-13-16(14(2)22(21-13)15-7-4-3-5-8-15)11-19(24)20-12-17(23)18-9-6-10-25-18/h3-10,17,23H,11-12H2,1-2H3,(H,20,24). The predicted octanol–water partition coefficient (Wildman–Crippen LogP) is 2.47. The predicted molar refractivity (Wildman–Crippen MR) is 93.4 cm³/mol. The number of benzene rings is 1. The van der Waals surface area contributed by atoms with Gasteiger partial charge in [-0.3, -0.25) is 4.79 Å². The summed E-state index contributed by atoms with van der Waals surface area (Å²) in [6, 6.07) is 13.2. The molecule has 0 bridgehead atoms. The van der Waals surface area contributed by atoms with Crippen LogP contribution in [-0.2, 0) is 11.2 Å². The molecule has 0 aliphatic carbocycles. The van der Waals surface area contributed by atoms with Crippen molar-refractivity contribution in [2.45, 2.75) is 26.4 Å². The maximum absolute atomic E-state index is 12.2. The highest BCUT2D eigenvalue weighted by atomic mass is 16.4. The molecule has 1 unspecified atom stereocenters. The van der Waals surface area contributed by atoms with Gasteiger partial charge in [0.15, 0.2) is 0 Å². The van der Waals surface area contributed by atoms with Gasteiger partial charge in [-0.2, -0.15) is 5.10 Å². The Labute approximate surface area is 146 Å². The Morgan fingerprint density at radius 2 is 2.00 bits per heavy atom. The summed E-state index contributed by atoms with van der Waals surface area (Å²) >= 11 is 0. The summed E-state index contributed by atoms with van der Waals surface area (Å²) in [5.41, 5.74) is 3.62. The molecule has 3 rings (SSSR count). The molecule has 0 aliphatic heterocycles. The van der Waals surface area contributed by atoms with Crippen LogP contribution in [0.5, 0.6) is 0 Å². The minimum absolute atomic E-state index is 0.108. The number of aromatic nitrogens is 2. The first-order valence-corrected chi connectivity index (χ1v) is 8.15. The monoisotopic (exact) mass is 339 g/mol. The molecule has 1 aromatic carbocycles. The van der Waals surface area contributed by atoms with Crippen molar-refractivity contribution >= 4 is 5.91 Å². The number of carbonyl (C=O) groups excluding carboxylic acids is 1.